The molecule has 8 heteroatoms. The van der Waals surface area contributed by atoms with E-state index in [-0.39, 0.29) is 12.1 Å². The normalized spacial score (nSPS) is 11.7. The number of nitrogens with zero attached hydrogens (tertiary/aromatic N) is 2. The monoisotopic (exact) mass is 402 g/mol. The van der Waals surface area contributed by atoms with Crippen molar-refractivity contribution < 1.29 is 22.4 Å². The molecule has 2 heterocycles. The molecule has 0 spiro atoms. The van der Waals surface area contributed by atoms with Gasteiger partial charge in [-0.15, -0.1) is 0 Å². The van der Waals surface area contributed by atoms with Crippen LogP contribution >= 0.6 is 11.3 Å². The van der Waals surface area contributed by atoms with Crippen LogP contribution in [0.2, 0.25) is 0 Å². The fourth-order valence-electron chi connectivity index (χ4n) is 2.74. The van der Waals surface area contributed by atoms with Gasteiger partial charge in [0.25, 0.3) is 5.91 Å². The third-order valence-corrected chi connectivity index (χ3v) is 5.15. The minimum Gasteiger partial charge on any atom is -0.467 e. The number of thiazole rings is 1. The number of carbonyl (C=O) groups is 1. The van der Waals surface area contributed by atoms with E-state index >= 15 is 0 Å². The molecule has 0 N–H and O–H groups in total. The van der Waals surface area contributed by atoms with Gasteiger partial charge in [-0.1, -0.05) is 29.5 Å². The molecule has 0 atom stereocenters. The molecule has 142 valence electrons. The summed E-state index contributed by atoms with van der Waals surface area (Å²) >= 11 is 1.29. The second kappa shape index (κ2) is 7.12. The van der Waals surface area contributed by atoms with Crippen molar-refractivity contribution in [2.24, 2.45) is 0 Å². The summed E-state index contributed by atoms with van der Waals surface area (Å²) in [4.78, 5) is 18.9. The van der Waals surface area contributed by atoms with E-state index in [4.69, 9.17) is 4.42 Å². The van der Waals surface area contributed by atoms with Crippen LogP contribution in [-0.4, -0.2) is 10.9 Å². The molecule has 0 bridgehead atoms. The lowest BCUT2D eigenvalue weighted by molar-refractivity contribution is -0.137. The fourth-order valence-corrected chi connectivity index (χ4v) is 3.71. The second-order valence-corrected chi connectivity index (χ2v) is 7.02. The molecule has 0 radical (unpaired) electrons. The topological polar surface area (TPSA) is 46.3 Å². The molecule has 0 fully saturated rings. The van der Waals surface area contributed by atoms with Crippen LogP contribution in [0.15, 0.2) is 71.3 Å². The van der Waals surface area contributed by atoms with Crippen LogP contribution in [0.25, 0.3) is 10.2 Å². The fraction of sp³-hybridized carbons (Fsp3) is 0.100. The SMILES string of the molecule is O=C(c1cccc(C(F)(F)F)c1)N(Cc1ccco1)c1nc2ccccc2s1. The average molecular weight is 402 g/mol. The minimum atomic E-state index is -4.53. The number of carbonyl (C=O) groups excluding carboxylic acids is 1. The Kier molecular flexibility index (Phi) is 4.64. The molecule has 0 saturated heterocycles. The smallest absolute Gasteiger partial charge is 0.416 e. The number of amides is 1. The van der Waals surface area contributed by atoms with Gasteiger partial charge in [0.2, 0.25) is 0 Å². The summed E-state index contributed by atoms with van der Waals surface area (Å²) in [7, 11) is 0. The quantitative estimate of drug-likeness (QED) is 0.436. The highest BCUT2D eigenvalue weighted by atomic mass is 32.1. The van der Waals surface area contributed by atoms with Crippen LogP contribution in [0.3, 0.4) is 0 Å². The summed E-state index contributed by atoms with van der Waals surface area (Å²) in [6.45, 7) is 0.0574. The van der Waals surface area contributed by atoms with E-state index in [0.717, 1.165) is 16.8 Å². The van der Waals surface area contributed by atoms with Crippen LogP contribution in [-0.2, 0) is 12.7 Å². The summed E-state index contributed by atoms with van der Waals surface area (Å²) in [6, 6.07) is 15.1. The summed E-state index contributed by atoms with van der Waals surface area (Å²) in [6.07, 6.45) is -3.06. The Hall–Kier alpha value is -3.13. The zero-order valence-electron chi connectivity index (χ0n) is 14.3. The Bertz CT molecular complexity index is 1090. The lowest BCUT2D eigenvalue weighted by Crippen LogP contribution is -2.30. The van der Waals surface area contributed by atoms with Crippen LogP contribution in [0.5, 0.6) is 0 Å². The number of alkyl halides is 3. The average Bonchev–Trinajstić information content (AvgIpc) is 3.34. The van der Waals surface area contributed by atoms with E-state index in [2.05, 4.69) is 4.98 Å². The molecular formula is C20H13F3N2O2S. The minimum absolute atomic E-state index is 0.0574. The first-order valence-electron chi connectivity index (χ1n) is 8.29. The maximum atomic E-state index is 13.1. The lowest BCUT2D eigenvalue weighted by Gasteiger charge is -2.19. The van der Waals surface area contributed by atoms with E-state index in [1.165, 1.54) is 34.6 Å². The van der Waals surface area contributed by atoms with Gasteiger partial charge >= 0.3 is 6.18 Å². The maximum absolute atomic E-state index is 13.1. The molecule has 2 aromatic heterocycles. The number of furan rings is 1. The van der Waals surface area contributed by atoms with E-state index < -0.39 is 17.6 Å². The van der Waals surface area contributed by atoms with Crippen molar-refractivity contribution in [3.63, 3.8) is 0 Å². The molecule has 2 aromatic carbocycles. The first-order valence-corrected chi connectivity index (χ1v) is 9.10. The van der Waals surface area contributed by atoms with Gasteiger partial charge in [-0.2, -0.15) is 13.2 Å². The van der Waals surface area contributed by atoms with Crippen molar-refractivity contribution >= 4 is 32.6 Å². The number of aromatic nitrogens is 1. The number of hydrogen-bond donors (Lipinski definition) is 0. The molecule has 4 rings (SSSR count). The summed E-state index contributed by atoms with van der Waals surface area (Å²) in [5.74, 6) is -0.0823. The molecule has 1 amide bonds. The third-order valence-electron chi connectivity index (χ3n) is 4.09. The number of anilines is 1. The van der Waals surface area contributed by atoms with Gasteiger partial charge in [0, 0.05) is 5.56 Å². The lowest BCUT2D eigenvalue weighted by atomic mass is 10.1. The Labute approximate surface area is 161 Å². The predicted octanol–water partition coefficient (Wildman–Crippen LogP) is 5.76. The van der Waals surface area contributed by atoms with E-state index in [1.54, 1.807) is 12.1 Å². The van der Waals surface area contributed by atoms with Crippen molar-refractivity contribution in [1.29, 1.82) is 0 Å². The van der Waals surface area contributed by atoms with Crippen molar-refractivity contribution in [3.05, 3.63) is 83.8 Å². The number of benzene rings is 2. The van der Waals surface area contributed by atoms with Crippen LogP contribution in [0, 0.1) is 0 Å². The molecule has 0 aliphatic heterocycles. The predicted molar refractivity (Wildman–Crippen MR) is 100 cm³/mol. The third kappa shape index (κ3) is 3.63. The zero-order chi connectivity index (χ0) is 19.7. The highest BCUT2D eigenvalue weighted by molar-refractivity contribution is 7.22. The first-order chi connectivity index (χ1) is 13.4. The Morgan fingerprint density at radius 1 is 1.07 bits per heavy atom. The molecule has 0 aliphatic rings. The number of hydrogen-bond acceptors (Lipinski definition) is 4. The number of para-hydroxylation sites is 1. The van der Waals surface area contributed by atoms with Crippen molar-refractivity contribution in [1.82, 2.24) is 4.98 Å². The van der Waals surface area contributed by atoms with Gasteiger partial charge < -0.3 is 4.42 Å². The maximum Gasteiger partial charge on any atom is 0.416 e. The standard InChI is InChI=1S/C20H13F3N2O2S/c21-20(22,23)14-6-3-5-13(11-14)18(26)25(12-15-7-4-10-27-15)19-24-16-8-1-2-9-17(16)28-19/h1-11H,12H2. The molecule has 0 unspecified atom stereocenters. The number of rotatable bonds is 4. The molecule has 28 heavy (non-hydrogen) atoms. The summed E-state index contributed by atoms with van der Waals surface area (Å²) in [5, 5.41) is 0.389. The van der Waals surface area contributed by atoms with Gasteiger partial charge in [-0.25, -0.2) is 4.98 Å². The number of halogens is 3. The van der Waals surface area contributed by atoms with E-state index in [1.807, 2.05) is 24.3 Å². The number of fused-ring (bicyclic) bond motifs is 1. The zero-order valence-corrected chi connectivity index (χ0v) is 15.1. The van der Waals surface area contributed by atoms with Crippen LogP contribution < -0.4 is 4.90 Å². The van der Waals surface area contributed by atoms with Gasteiger partial charge in [0.15, 0.2) is 5.13 Å². The molecular weight excluding hydrogens is 389 g/mol. The van der Waals surface area contributed by atoms with E-state index in [9.17, 15) is 18.0 Å². The van der Waals surface area contributed by atoms with Gasteiger partial charge in [0.1, 0.15) is 5.76 Å². The van der Waals surface area contributed by atoms with Crippen LogP contribution in [0.1, 0.15) is 21.7 Å². The van der Waals surface area contributed by atoms with Crippen molar-refractivity contribution in [3.8, 4) is 0 Å². The highest BCUT2D eigenvalue weighted by Crippen LogP contribution is 2.33. The Morgan fingerprint density at radius 3 is 2.61 bits per heavy atom. The first kappa shape index (κ1) is 18.2. The van der Waals surface area contributed by atoms with E-state index in [0.29, 0.717) is 16.4 Å². The van der Waals surface area contributed by atoms with Gasteiger partial charge in [0.05, 0.1) is 28.6 Å². The van der Waals surface area contributed by atoms with Gasteiger partial charge in [-0.05, 0) is 42.5 Å². The summed E-state index contributed by atoms with van der Waals surface area (Å²) < 4.78 is 45.4. The largest absolute Gasteiger partial charge is 0.467 e. The van der Waals surface area contributed by atoms with Crippen LogP contribution in [0.4, 0.5) is 18.3 Å². The molecule has 0 saturated carbocycles. The molecule has 4 aromatic rings. The molecule has 4 nitrogen and oxygen atoms in total. The Balaban J connectivity index is 1.75. The van der Waals surface area contributed by atoms with Crippen molar-refractivity contribution in [2.75, 3.05) is 4.90 Å². The highest BCUT2D eigenvalue weighted by Gasteiger charge is 2.32. The Morgan fingerprint density at radius 2 is 1.89 bits per heavy atom. The second-order valence-electron chi connectivity index (χ2n) is 6.01. The molecule has 0 aliphatic carbocycles. The van der Waals surface area contributed by atoms with Crippen molar-refractivity contribution in [2.45, 2.75) is 12.7 Å². The van der Waals surface area contributed by atoms with Gasteiger partial charge in [-0.3, -0.25) is 9.69 Å². The summed E-state index contributed by atoms with van der Waals surface area (Å²) in [5.41, 5.74) is -0.231.